The van der Waals surface area contributed by atoms with Crippen LogP contribution in [-0.4, -0.2) is 40.9 Å². The molecule has 0 spiro atoms. The average molecular weight is 350 g/mol. The second kappa shape index (κ2) is 9.57. The summed E-state index contributed by atoms with van der Waals surface area (Å²) in [5, 5.41) is 5.74. The van der Waals surface area contributed by atoms with Gasteiger partial charge in [0.2, 0.25) is 5.91 Å². The van der Waals surface area contributed by atoms with E-state index >= 15 is 0 Å². The molecule has 1 aromatic carbocycles. The Morgan fingerprint density at radius 2 is 1.79 bits per heavy atom. The third-order valence-electron chi connectivity index (χ3n) is 4.05. The van der Waals surface area contributed by atoms with E-state index in [0.29, 0.717) is 11.4 Å². The van der Waals surface area contributed by atoms with Gasteiger partial charge in [0.25, 0.3) is 0 Å². The van der Waals surface area contributed by atoms with E-state index in [9.17, 15) is 9.59 Å². The van der Waals surface area contributed by atoms with Gasteiger partial charge in [-0.3, -0.25) is 4.79 Å². The predicted octanol–water partition coefficient (Wildman–Crippen LogP) is 4.17. The Labute approximate surface area is 148 Å². The van der Waals surface area contributed by atoms with Gasteiger partial charge < -0.3 is 15.5 Å². The fourth-order valence-corrected chi connectivity index (χ4v) is 3.55. The predicted molar refractivity (Wildman–Crippen MR) is 102 cm³/mol. The van der Waals surface area contributed by atoms with Crippen LogP contribution in [0.3, 0.4) is 0 Å². The minimum Gasteiger partial charge on any atom is -0.325 e. The maximum Gasteiger partial charge on any atom is 0.321 e. The molecular formula is C18H27N3O2S. The summed E-state index contributed by atoms with van der Waals surface area (Å²) in [7, 11) is 0. The van der Waals surface area contributed by atoms with Crippen LogP contribution >= 0.6 is 11.8 Å². The number of carbonyl (C=O) groups excluding carboxylic acids is 2. The lowest BCUT2D eigenvalue weighted by molar-refractivity contribution is -0.115. The van der Waals surface area contributed by atoms with Crippen molar-refractivity contribution in [2.45, 2.75) is 44.8 Å². The lowest BCUT2D eigenvalue weighted by atomic mass is 10.2. The standard InChI is InChI=1S/C18H27N3O2S/c1-3-4-13-24-14(2)17(22)19-15-9-5-6-10-16(15)20-18(23)21-11-7-8-12-21/h5-6,9-10,14H,3-4,7-8,11-13H2,1-2H3,(H,19,22)(H,20,23)/t14-/m0/s1. The molecule has 1 saturated heterocycles. The van der Waals surface area contributed by atoms with Crippen LogP contribution in [0.15, 0.2) is 24.3 Å². The van der Waals surface area contributed by atoms with Crippen LogP contribution in [0.1, 0.15) is 39.5 Å². The first-order valence-electron chi connectivity index (χ1n) is 8.69. The molecule has 0 radical (unpaired) electrons. The van der Waals surface area contributed by atoms with Crippen LogP contribution < -0.4 is 10.6 Å². The maximum atomic E-state index is 12.3. The zero-order chi connectivity index (χ0) is 17.4. The molecule has 1 aromatic rings. The van der Waals surface area contributed by atoms with Gasteiger partial charge in [0.15, 0.2) is 0 Å². The van der Waals surface area contributed by atoms with Crippen molar-refractivity contribution in [2.75, 3.05) is 29.5 Å². The number of hydrogen-bond acceptors (Lipinski definition) is 3. The highest BCUT2D eigenvalue weighted by molar-refractivity contribution is 8.00. The Morgan fingerprint density at radius 1 is 1.17 bits per heavy atom. The normalized spacial score (nSPS) is 15.2. The largest absolute Gasteiger partial charge is 0.325 e. The van der Waals surface area contributed by atoms with E-state index in [2.05, 4.69) is 17.6 Å². The van der Waals surface area contributed by atoms with Gasteiger partial charge in [0.05, 0.1) is 16.6 Å². The van der Waals surface area contributed by atoms with E-state index in [4.69, 9.17) is 0 Å². The molecule has 1 heterocycles. The van der Waals surface area contributed by atoms with Gasteiger partial charge in [-0.25, -0.2) is 4.79 Å². The van der Waals surface area contributed by atoms with Gasteiger partial charge in [0, 0.05) is 13.1 Å². The second-order valence-corrected chi connectivity index (χ2v) is 7.47. The van der Waals surface area contributed by atoms with E-state index in [1.807, 2.05) is 36.1 Å². The first kappa shape index (κ1) is 18.6. The quantitative estimate of drug-likeness (QED) is 0.726. The third kappa shape index (κ3) is 5.44. The number of para-hydroxylation sites is 2. The van der Waals surface area contributed by atoms with Crippen LogP contribution in [0.25, 0.3) is 0 Å². The summed E-state index contributed by atoms with van der Waals surface area (Å²) in [4.78, 5) is 26.4. The number of likely N-dealkylation sites (tertiary alicyclic amines) is 1. The van der Waals surface area contributed by atoms with Crippen LogP contribution in [-0.2, 0) is 4.79 Å². The van der Waals surface area contributed by atoms with Crippen molar-refractivity contribution in [2.24, 2.45) is 0 Å². The SMILES string of the molecule is CCCCS[C@@H](C)C(=O)Nc1ccccc1NC(=O)N1CCCC1. The number of amides is 3. The Morgan fingerprint density at radius 3 is 2.42 bits per heavy atom. The summed E-state index contributed by atoms with van der Waals surface area (Å²) < 4.78 is 0. The van der Waals surface area contributed by atoms with Crippen molar-refractivity contribution in [3.8, 4) is 0 Å². The number of carbonyl (C=O) groups is 2. The number of nitrogens with zero attached hydrogens (tertiary/aromatic N) is 1. The topological polar surface area (TPSA) is 61.4 Å². The van der Waals surface area contributed by atoms with Crippen molar-refractivity contribution < 1.29 is 9.59 Å². The number of anilines is 2. The van der Waals surface area contributed by atoms with Crippen LogP contribution in [0, 0.1) is 0 Å². The van der Waals surface area contributed by atoms with E-state index < -0.39 is 0 Å². The number of thioether (sulfide) groups is 1. The van der Waals surface area contributed by atoms with Gasteiger partial charge in [-0.2, -0.15) is 0 Å². The van der Waals surface area contributed by atoms with Crippen LogP contribution in [0.5, 0.6) is 0 Å². The zero-order valence-electron chi connectivity index (χ0n) is 14.5. The lowest BCUT2D eigenvalue weighted by Crippen LogP contribution is -2.32. The molecule has 3 amide bonds. The highest BCUT2D eigenvalue weighted by Gasteiger charge is 2.20. The monoisotopic (exact) mass is 349 g/mol. The molecule has 6 heteroatoms. The fourth-order valence-electron chi connectivity index (χ4n) is 2.53. The van der Waals surface area contributed by atoms with E-state index in [1.165, 1.54) is 0 Å². The molecule has 1 atom stereocenters. The van der Waals surface area contributed by atoms with Crippen LogP contribution in [0.4, 0.5) is 16.2 Å². The minimum atomic E-state index is -0.112. The molecular weight excluding hydrogens is 322 g/mol. The third-order valence-corrected chi connectivity index (χ3v) is 5.29. The summed E-state index contributed by atoms with van der Waals surface area (Å²) in [6.07, 6.45) is 4.36. The molecule has 24 heavy (non-hydrogen) atoms. The Balaban J connectivity index is 1.95. The van der Waals surface area contributed by atoms with Gasteiger partial charge in [0.1, 0.15) is 0 Å². The fraction of sp³-hybridized carbons (Fsp3) is 0.556. The molecule has 132 valence electrons. The highest BCUT2D eigenvalue weighted by Crippen LogP contribution is 2.24. The van der Waals surface area contributed by atoms with Gasteiger partial charge in [-0.05, 0) is 44.1 Å². The number of unbranched alkanes of at least 4 members (excludes halogenated alkanes) is 1. The molecule has 1 fully saturated rings. The Kier molecular flexibility index (Phi) is 7.43. The molecule has 0 saturated carbocycles. The second-order valence-electron chi connectivity index (χ2n) is 6.03. The molecule has 0 bridgehead atoms. The Hall–Kier alpha value is -1.69. The van der Waals surface area contributed by atoms with E-state index in [-0.39, 0.29) is 17.2 Å². The molecule has 1 aliphatic heterocycles. The lowest BCUT2D eigenvalue weighted by Gasteiger charge is -2.19. The number of hydrogen-bond donors (Lipinski definition) is 2. The summed E-state index contributed by atoms with van der Waals surface area (Å²) in [6.45, 7) is 5.66. The van der Waals surface area contributed by atoms with Crippen molar-refractivity contribution in [1.82, 2.24) is 4.90 Å². The van der Waals surface area contributed by atoms with Gasteiger partial charge in [-0.15, -0.1) is 11.8 Å². The molecule has 2 N–H and O–H groups in total. The van der Waals surface area contributed by atoms with E-state index in [0.717, 1.165) is 44.5 Å². The Bertz CT molecular complexity index is 559. The van der Waals surface area contributed by atoms with Crippen molar-refractivity contribution in [3.63, 3.8) is 0 Å². The summed E-state index contributed by atoms with van der Waals surface area (Å²) in [5.41, 5.74) is 1.30. The smallest absolute Gasteiger partial charge is 0.321 e. The molecule has 0 aromatic heterocycles. The molecule has 0 aliphatic carbocycles. The molecule has 1 aliphatic rings. The summed E-state index contributed by atoms with van der Waals surface area (Å²) in [6, 6.07) is 7.25. The van der Waals surface area contributed by atoms with Crippen LogP contribution in [0.2, 0.25) is 0 Å². The number of urea groups is 1. The number of nitrogens with one attached hydrogen (secondary N) is 2. The van der Waals surface area contributed by atoms with E-state index in [1.54, 1.807) is 11.8 Å². The average Bonchev–Trinajstić information content (AvgIpc) is 3.11. The molecule has 5 nitrogen and oxygen atoms in total. The van der Waals surface area contributed by atoms with Crippen molar-refractivity contribution in [1.29, 1.82) is 0 Å². The molecule has 2 rings (SSSR count). The maximum absolute atomic E-state index is 12.3. The zero-order valence-corrected chi connectivity index (χ0v) is 15.3. The molecule has 0 unspecified atom stereocenters. The summed E-state index contributed by atoms with van der Waals surface area (Å²) in [5.74, 6) is 0.956. The van der Waals surface area contributed by atoms with Gasteiger partial charge in [-0.1, -0.05) is 25.5 Å². The highest BCUT2D eigenvalue weighted by atomic mass is 32.2. The van der Waals surface area contributed by atoms with Gasteiger partial charge >= 0.3 is 6.03 Å². The first-order valence-corrected chi connectivity index (χ1v) is 9.74. The minimum absolute atomic E-state index is 0.0287. The number of rotatable bonds is 7. The first-order chi connectivity index (χ1) is 11.6. The summed E-state index contributed by atoms with van der Waals surface area (Å²) >= 11 is 1.66. The van der Waals surface area contributed by atoms with Crippen molar-refractivity contribution in [3.05, 3.63) is 24.3 Å². The van der Waals surface area contributed by atoms with Crippen molar-refractivity contribution >= 4 is 35.1 Å². The number of benzene rings is 1.